The predicted octanol–water partition coefficient (Wildman–Crippen LogP) is 2.68. The summed E-state index contributed by atoms with van der Waals surface area (Å²) in [6.07, 6.45) is 5.15. The first-order valence-electron chi connectivity index (χ1n) is 6.98. The first-order chi connectivity index (χ1) is 9.58. The van der Waals surface area contributed by atoms with Crippen molar-refractivity contribution in [1.29, 1.82) is 0 Å². The Kier molecular flexibility index (Phi) is 3.52. The smallest absolute Gasteiger partial charge is 0.255 e. The summed E-state index contributed by atoms with van der Waals surface area (Å²) in [5.41, 5.74) is 4.37. The van der Waals surface area contributed by atoms with Crippen LogP contribution in [0, 0.1) is 6.92 Å². The van der Waals surface area contributed by atoms with Gasteiger partial charge in [0.1, 0.15) is 11.5 Å². The van der Waals surface area contributed by atoms with Gasteiger partial charge in [-0.1, -0.05) is 18.0 Å². The molecule has 0 bridgehead atoms. The number of rotatable bonds is 2. The molecule has 0 saturated carbocycles. The zero-order chi connectivity index (χ0) is 14.3. The van der Waals surface area contributed by atoms with Crippen LogP contribution in [-0.4, -0.2) is 36.7 Å². The highest BCUT2D eigenvalue weighted by Gasteiger charge is 2.26. The Morgan fingerprint density at radius 1 is 1.30 bits per heavy atom. The van der Waals surface area contributed by atoms with Gasteiger partial charge in [0.2, 0.25) is 0 Å². The topological polar surface area (TPSA) is 58.4 Å². The van der Waals surface area contributed by atoms with Crippen molar-refractivity contribution in [3.8, 4) is 0 Å². The molecule has 1 aliphatic heterocycles. The highest BCUT2D eigenvalue weighted by molar-refractivity contribution is 6.30. The quantitative estimate of drug-likeness (QED) is 0.863. The largest absolute Gasteiger partial charge is 0.302 e. The summed E-state index contributed by atoms with van der Waals surface area (Å²) >= 11 is 6.19. The molecule has 2 aromatic heterocycles. The van der Waals surface area contributed by atoms with Crippen molar-refractivity contribution in [2.45, 2.75) is 52.1 Å². The van der Waals surface area contributed by atoms with Crippen LogP contribution in [0.15, 0.2) is 6.33 Å². The predicted molar refractivity (Wildman–Crippen MR) is 78.8 cm³/mol. The maximum atomic E-state index is 6.19. The summed E-state index contributed by atoms with van der Waals surface area (Å²) in [5, 5.41) is 6.98. The minimum atomic E-state index is 0.463. The van der Waals surface area contributed by atoms with E-state index in [-0.39, 0.29) is 0 Å². The molecular formula is C13H19ClN6. The highest BCUT2D eigenvalue weighted by atomic mass is 35.5. The molecule has 0 aromatic carbocycles. The van der Waals surface area contributed by atoms with Crippen molar-refractivity contribution >= 4 is 23.2 Å². The summed E-state index contributed by atoms with van der Waals surface area (Å²) in [5.74, 6) is 1.36. The Bertz CT molecular complexity index is 615. The van der Waals surface area contributed by atoms with Crippen LogP contribution in [-0.2, 0) is 0 Å². The van der Waals surface area contributed by atoms with Crippen molar-refractivity contribution in [3.63, 3.8) is 0 Å². The summed E-state index contributed by atoms with van der Waals surface area (Å²) in [6.45, 7) is 6.41. The Labute approximate surface area is 123 Å². The van der Waals surface area contributed by atoms with E-state index in [4.69, 9.17) is 11.6 Å². The van der Waals surface area contributed by atoms with Gasteiger partial charge in [-0.25, -0.2) is 5.01 Å². The van der Waals surface area contributed by atoms with Crippen LogP contribution in [0.1, 0.15) is 38.7 Å². The van der Waals surface area contributed by atoms with Crippen LogP contribution in [0.2, 0.25) is 5.15 Å². The van der Waals surface area contributed by atoms with Gasteiger partial charge in [0, 0.05) is 17.6 Å². The van der Waals surface area contributed by atoms with Gasteiger partial charge in [-0.3, -0.25) is 0 Å². The van der Waals surface area contributed by atoms with Gasteiger partial charge in [-0.15, -0.1) is 0 Å². The van der Waals surface area contributed by atoms with Crippen molar-refractivity contribution in [2.24, 2.45) is 0 Å². The average Bonchev–Trinajstić information content (AvgIpc) is 2.85. The average molecular weight is 295 g/mol. The Hall–Kier alpha value is -1.40. The number of hydrazine groups is 1. The SMILES string of the molecule is Cc1c(Cl)nc2ncnn2c1NN1C(C)CCCC1C. The van der Waals surface area contributed by atoms with E-state index in [1.807, 2.05) is 6.92 Å². The van der Waals surface area contributed by atoms with Crippen molar-refractivity contribution < 1.29 is 0 Å². The summed E-state index contributed by atoms with van der Waals surface area (Å²) in [7, 11) is 0. The minimum Gasteiger partial charge on any atom is -0.302 e. The van der Waals surface area contributed by atoms with E-state index < -0.39 is 0 Å². The zero-order valence-corrected chi connectivity index (χ0v) is 12.7. The molecule has 1 fully saturated rings. The number of halogens is 1. The molecule has 6 nitrogen and oxygen atoms in total. The molecule has 1 saturated heterocycles. The normalized spacial score (nSPS) is 24.2. The van der Waals surface area contributed by atoms with Crippen LogP contribution in [0.3, 0.4) is 0 Å². The number of aromatic nitrogens is 4. The van der Waals surface area contributed by atoms with E-state index in [0.29, 0.717) is 23.0 Å². The third-order valence-electron chi connectivity index (χ3n) is 4.03. The number of fused-ring (bicyclic) bond motifs is 1. The lowest BCUT2D eigenvalue weighted by Gasteiger charge is -2.39. The van der Waals surface area contributed by atoms with Crippen molar-refractivity contribution in [2.75, 3.05) is 5.43 Å². The Morgan fingerprint density at radius 2 is 2.00 bits per heavy atom. The fourth-order valence-electron chi connectivity index (χ4n) is 2.79. The number of piperidine rings is 1. The molecule has 2 unspecified atom stereocenters. The number of nitrogens with zero attached hydrogens (tertiary/aromatic N) is 5. The van der Waals surface area contributed by atoms with Crippen LogP contribution >= 0.6 is 11.6 Å². The zero-order valence-electron chi connectivity index (χ0n) is 12.0. The number of hydrogen-bond acceptors (Lipinski definition) is 5. The lowest BCUT2D eigenvalue weighted by molar-refractivity contribution is 0.134. The van der Waals surface area contributed by atoms with E-state index in [9.17, 15) is 0 Å². The van der Waals surface area contributed by atoms with E-state index in [1.54, 1.807) is 4.52 Å². The van der Waals surface area contributed by atoms with Gasteiger partial charge in [0.05, 0.1) is 0 Å². The van der Waals surface area contributed by atoms with Crippen LogP contribution in [0.25, 0.3) is 5.78 Å². The van der Waals surface area contributed by atoms with Gasteiger partial charge in [0.15, 0.2) is 5.82 Å². The number of anilines is 1. The van der Waals surface area contributed by atoms with Gasteiger partial charge in [-0.05, 0) is 33.6 Å². The molecule has 1 N–H and O–H groups in total. The first kappa shape index (κ1) is 13.6. The molecule has 3 heterocycles. The fraction of sp³-hybridized carbons (Fsp3) is 0.615. The fourth-order valence-corrected chi connectivity index (χ4v) is 2.96. The molecular weight excluding hydrogens is 276 g/mol. The molecule has 0 radical (unpaired) electrons. The number of hydrogen-bond donors (Lipinski definition) is 1. The minimum absolute atomic E-state index is 0.463. The van der Waals surface area contributed by atoms with Crippen LogP contribution < -0.4 is 5.43 Å². The molecule has 2 atom stereocenters. The lowest BCUT2D eigenvalue weighted by Crippen LogP contribution is -2.47. The van der Waals surface area contributed by atoms with Gasteiger partial charge >= 0.3 is 0 Å². The van der Waals surface area contributed by atoms with Crippen LogP contribution in [0.5, 0.6) is 0 Å². The second-order valence-electron chi connectivity index (χ2n) is 5.50. The molecule has 0 spiro atoms. The summed E-state index contributed by atoms with van der Waals surface area (Å²) in [6, 6.07) is 0.951. The molecule has 0 amide bonds. The monoisotopic (exact) mass is 294 g/mol. The van der Waals surface area contributed by atoms with Gasteiger partial charge < -0.3 is 5.43 Å². The lowest BCUT2D eigenvalue weighted by atomic mass is 10.00. The van der Waals surface area contributed by atoms with Crippen LogP contribution in [0.4, 0.5) is 5.82 Å². The van der Waals surface area contributed by atoms with E-state index in [1.165, 1.54) is 25.6 Å². The van der Waals surface area contributed by atoms with Crippen molar-refractivity contribution in [3.05, 3.63) is 17.0 Å². The highest BCUT2D eigenvalue weighted by Crippen LogP contribution is 2.27. The molecule has 1 aliphatic rings. The maximum absolute atomic E-state index is 6.19. The Balaban J connectivity index is 2.01. The summed E-state index contributed by atoms with van der Waals surface area (Å²) < 4.78 is 1.70. The molecule has 108 valence electrons. The number of nitrogens with one attached hydrogen (secondary N) is 1. The first-order valence-corrected chi connectivity index (χ1v) is 7.36. The second kappa shape index (κ2) is 5.18. The maximum Gasteiger partial charge on any atom is 0.255 e. The van der Waals surface area contributed by atoms with E-state index in [0.717, 1.165) is 11.4 Å². The van der Waals surface area contributed by atoms with E-state index >= 15 is 0 Å². The molecule has 20 heavy (non-hydrogen) atoms. The molecule has 0 aliphatic carbocycles. The van der Waals surface area contributed by atoms with Gasteiger partial charge in [0.25, 0.3) is 5.78 Å². The standard InChI is InChI=1S/C13H19ClN6/c1-8-5-4-6-9(2)19(8)18-12-10(3)11(14)17-13-15-7-16-20(12)13/h7-9,18H,4-6H2,1-3H3. The molecule has 2 aromatic rings. The van der Waals surface area contributed by atoms with E-state index in [2.05, 4.69) is 39.3 Å². The summed E-state index contributed by atoms with van der Waals surface area (Å²) in [4.78, 5) is 8.33. The third kappa shape index (κ3) is 2.23. The second-order valence-corrected chi connectivity index (χ2v) is 5.85. The molecule has 7 heteroatoms. The third-order valence-corrected chi connectivity index (χ3v) is 4.40. The molecule has 3 rings (SSSR count). The van der Waals surface area contributed by atoms with Gasteiger partial charge in [-0.2, -0.15) is 19.6 Å². The van der Waals surface area contributed by atoms with Crippen molar-refractivity contribution in [1.82, 2.24) is 24.6 Å². The Morgan fingerprint density at radius 3 is 2.70 bits per heavy atom.